The van der Waals surface area contributed by atoms with Crippen molar-refractivity contribution < 1.29 is 0 Å². The Morgan fingerprint density at radius 2 is 2.00 bits per heavy atom. The highest BCUT2D eigenvalue weighted by Gasteiger charge is 2.00. The summed E-state index contributed by atoms with van der Waals surface area (Å²) in [5, 5.41) is 2.45. The van der Waals surface area contributed by atoms with Gasteiger partial charge in [0, 0.05) is 5.56 Å². The van der Waals surface area contributed by atoms with Gasteiger partial charge in [-0.25, -0.2) is 0 Å². The van der Waals surface area contributed by atoms with Gasteiger partial charge < -0.3 is 0 Å². The Hall–Kier alpha value is -1.74. The van der Waals surface area contributed by atoms with Gasteiger partial charge in [-0.05, 0) is 35.2 Å². The average molecular weight is 222 g/mol. The van der Waals surface area contributed by atoms with Gasteiger partial charge in [0.1, 0.15) is 0 Å². The summed E-state index contributed by atoms with van der Waals surface area (Å²) in [5.41, 5.74) is 2.41. The van der Waals surface area contributed by atoms with Gasteiger partial charge in [-0.1, -0.05) is 56.0 Å². The largest absolute Gasteiger partial charge is 0.115 e. The second kappa shape index (κ2) is 5.55. The van der Waals surface area contributed by atoms with Crippen LogP contribution in [0.1, 0.15) is 37.3 Å². The molecule has 2 aromatic carbocycles. The van der Waals surface area contributed by atoms with Gasteiger partial charge in [-0.2, -0.15) is 0 Å². The van der Waals surface area contributed by atoms with Crippen LogP contribution in [0.5, 0.6) is 0 Å². The minimum atomic E-state index is 0.989. The van der Waals surface area contributed by atoms with Crippen molar-refractivity contribution in [1.29, 1.82) is 0 Å². The van der Waals surface area contributed by atoms with Crippen molar-refractivity contribution in [2.45, 2.75) is 32.6 Å². The van der Waals surface area contributed by atoms with Gasteiger partial charge in [-0.15, -0.1) is 6.42 Å². The Morgan fingerprint density at radius 1 is 1.12 bits per heavy atom. The molecule has 0 bridgehead atoms. The molecule has 0 aromatic heterocycles. The zero-order valence-corrected chi connectivity index (χ0v) is 10.4. The van der Waals surface area contributed by atoms with Crippen LogP contribution in [-0.4, -0.2) is 0 Å². The van der Waals surface area contributed by atoms with E-state index < -0.39 is 0 Å². The molecule has 0 unspecified atom stereocenters. The molecule has 0 nitrogen and oxygen atoms in total. The van der Waals surface area contributed by atoms with E-state index in [4.69, 9.17) is 6.42 Å². The first kappa shape index (κ1) is 11.7. The van der Waals surface area contributed by atoms with Crippen molar-refractivity contribution in [2.75, 3.05) is 0 Å². The number of unbranched alkanes of at least 4 members (excludes halogenated alkanes) is 2. The van der Waals surface area contributed by atoms with Gasteiger partial charge in [0.25, 0.3) is 0 Å². The van der Waals surface area contributed by atoms with Crippen LogP contribution in [0.25, 0.3) is 10.8 Å². The van der Waals surface area contributed by atoms with Crippen molar-refractivity contribution in [2.24, 2.45) is 0 Å². The van der Waals surface area contributed by atoms with E-state index >= 15 is 0 Å². The van der Waals surface area contributed by atoms with E-state index in [1.807, 2.05) is 12.1 Å². The molecule has 0 heterocycles. The summed E-state index contributed by atoms with van der Waals surface area (Å²) in [5.74, 6) is 2.74. The Morgan fingerprint density at radius 3 is 2.76 bits per heavy atom. The van der Waals surface area contributed by atoms with Crippen molar-refractivity contribution in [1.82, 2.24) is 0 Å². The summed E-state index contributed by atoms with van der Waals surface area (Å²) in [4.78, 5) is 0. The molecule has 0 fully saturated rings. The van der Waals surface area contributed by atoms with Crippen LogP contribution >= 0.6 is 0 Å². The molecular weight excluding hydrogens is 204 g/mol. The van der Waals surface area contributed by atoms with E-state index in [-0.39, 0.29) is 0 Å². The third-order valence-electron chi connectivity index (χ3n) is 3.17. The molecule has 0 saturated carbocycles. The molecule has 0 heteroatoms. The molecule has 17 heavy (non-hydrogen) atoms. The van der Waals surface area contributed by atoms with Crippen molar-refractivity contribution >= 4 is 10.8 Å². The fourth-order valence-corrected chi connectivity index (χ4v) is 2.19. The summed E-state index contributed by atoms with van der Waals surface area (Å²) < 4.78 is 0. The maximum Gasteiger partial charge on any atom is 0.0321 e. The van der Waals surface area contributed by atoms with Crippen molar-refractivity contribution in [3.63, 3.8) is 0 Å². The molecule has 0 spiro atoms. The first-order valence-electron chi connectivity index (χ1n) is 6.33. The molecule has 0 aliphatic carbocycles. The zero-order chi connectivity index (χ0) is 12.1. The van der Waals surface area contributed by atoms with E-state index in [0.29, 0.717) is 0 Å². The molecule has 0 amide bonds. The number of terminal acetylenes is 1. The number of hydrogen-bond acceptors (Lipinski definition) is 0. The molecule has 0 aliphatic heterocycles. The topological polar surface area (TPSA) is 0 Å². The third kappa shape index (κ3) is 2.68. The molecule has 0 radical (unpaired) electrons. The maximum atomic E-state index is 5.50. The highest BCUT2D eigenvalue weighted by molar-refractivity contribution is 5.88. The first-order valence-corrected chi connectivity index (χ1v) is 6.33. The lowest BCUT2D eigenvalue weighted by molar-refractivity contribution is 0.718. The van der Waals surface area contributed by atoms with Gasteiger partial charge in [0.2, 0.25) is 0 Å². The first-order chi connectivity index (χ1) is 8.35. The van der Waals surface area contributed by atoms with Gasteiger partial charge in [0.15, 0.2) is 0 Å². The molecule has 0 aliphatic rings. The van der Waals surface area contributed by atoms with Crippen LogP contribution in [0.2, 0.25) is 0 Å². The normalized spacial score (nSPS) is 10.4. The number of rotatable bonds is 4. The van der Waals surface area contributed by atoms with Crippen molar-refractivity contribution in [3.8, 4) is 12.3 Å². The summed E-state index contributed by atoms with van der Waals surface area (Å²) >= 11 is 0. The molecule has 86 valence electrons. The minimum absolute atomic E-state index is 0.989. The third-order valence-corrected chi connectivity index (χ3v) is 3.17. The van der Waals surface area contributed by atoms with E-state index in [1.54, 1.807) is 0 Å². The van der Waals surface area contributed by atoms with Gasteiger partial charge in [-0.3, -0.25) is 0 Å². The second-order valence-electron chi connectivity index (χ2n) is 4.46. The fourth-order valence-electron chi connectivity index (χ4n) is 2.19. The van der Waals surface area contributed by atoms with Crippen LogP contribution in [0.4, 0.5) is 0 Å². The van der Waals surface area contributed by atoms with E-state index in [9.17, 15) is 0 Å². The Balaban J connectivity index is 2.29. The number of benzene rings is 2. The van der Waals surface area contributed by atoms with Crippen LogP contribution in [-0.2, 0) is 6.42 Å². The monoisotopic (exact) mass is 222 g/mol. The van der Waals surface area contributed by atoms with Crippen LogP contribution < -0.4 is 0 Å². The number of hydrogen-bond donors (Lipinski definition) is 0. The highest BCUT2D eigenvalue weighted by Crippen LogP contribution is 2.20. The van der Waals surface area contributed by atoms with Crippen LogP contribution in [0.3, 0.4) is 0 Å². The average Bonchev–Trinajstić information content (AvgIpc) is 2.38. The summed E-state index contributed by atoms with van der Waals surface area (Å²) in [6, 6.07) is 12.8. The SMILES string of the molecule is C#Cc1cccc2cc(CCCCC)ccc12. The quantitative estimate of drug-likeness (QED) is 0.525. The predicted molar refractivity (Wildman–Crippen MR) is 75.1 cm³/mol. The number of aryl methyl sites for hydroxylation is 1. The smallest absolute Gasteiger partial charge is 0.0321 e. The molecule has 2 rings (SSSR count). The van der Waals surface area contributed by atoms with Crippen LogP contribution in [0.15, 0.2) is 36.4 Å². The molecule has 2 aromatic rings. The minimum Gasteiger partial charge on any atom is -0.115 e. The molecular formula is C17H18. The lowest BCUT2D eigenvalue weighted by atomic mass is 10.00. The van der Waals surface area contributed by atoms with Gasteiger partial charge >= 0.3 is 0 Å². The van der Waals surface area contributed by atoms with E-state index in [0.717, 1.165) is 5.56 Å². The van der Waals surface area contributed by atoms with E-state index in [2.05, 4.69) is 37.1 Å². The Bertz CT molecular complexity index is 543. The van der Waals surface area contributed by atoms with Crippen LogP contribution in [0, 0.1) is 12.3 Å². The van der Waals surface area contributed by atoms with Crippen molar-refractivity contribution in [3.05, 3.63) is 47.5 Å². The predicted octanol–water partition coefficient (Wildman–Crippen LogP) is 4.55. The summed E-state index contributed by atoms with van der Waals surface area (Å²) in [6.07, 6.45) is 10.5. The van der Waals surface area contributed by atoms with E-state index in [1.165, 1.54) is 42.0 Å². The number of fused-ring (bicyclic) bond motifs is 1. The Labute approximate surface area is 104 Å². The van der Waals surface area contributed by atoms with Gasteiger partial charge in [0.05, 0.1) is 0 Å². The fraction of sp³-hybridized carbons (Fsp3) is 0.294. The standard InChI is InChI=1S/C17H18/c1-3-5-6-8-14-11-12-17-15(4-2)9-7-10-16(17)13-14/h2,7,9-13H,3,5-6,8H2,1H3. The molecule has 0 saturated heterocycles. The summed E-state index contributed by atoms with van der Waals surface area (Å²) in [7, 11) is 0. The molecule has 0 N–H and O–H groups in total. The lowest BCUT2D eigenvalue weighted by Crippen LogP contribution is -1.87. The maximum absolute atomic E-state index is 5.50. The highest BCUT2D eigenvalue weighted by atomic mass is 14.0. The second-order valence-corrected chi connectivity index (χ2v) is 4.46. The molecule has 0 atom stereocenters. The lowest BCUT2D eigenvalue weighted by Gasteiger charge is -2.05. The Kier molecular flexibility index (Phi) is 3.83. The zero-order valence-electron chi connectivity index (χ0n) is 10.4. The summed E-state index contributed by atoms with van der Waals surface area (Å²) in [6.45, 7) is 2.24.